The van der Waals surface area contributed by atoms with Crippen LogP contribution in [0.15, 0.2) is 95.4 Å². The molecule has 0 fully saturated rings. The van der Waals surface area contributed by atoms with Gasteiger partial charge in [0, 0.05) is 78.3 Å². The van der Waals surface area contributed by atoms with Crippen LogP contribution in [0.25, 0.3) is 0 Å². The second-order valence-electron chi connectivity index (χ2n) is 17.6. The molecule has 2 aromatic rings. The molecule has 4 aliphatic rings. The van der Waals surface area contributed by atoms with Crippen molar-refractivity contribution in [2.45, 2.75) is 90.0 Å². The number of hydrogen-bond acceptors (Lipinski definition) is 11. The number of fused-ring (bicyclic) bond motifs is 2. The monoisotopic (exact) mass is 896 g/mol. The number of carbonyl (C=O) groups excluding carboxylic acids is 5. The number of imide groups is 1. The van der Waals surface area contributed by atoms with E-state index in [-0.39, 0.29) is 79.6 Å². The van der Waals surface area contributed by atoms with Gasteiger partial charge in [-0.05, 0) is 50.8 Å². The number of anilines is 1. The third kappa shape index (κ3) is 10.5. The van der Waals surface area contributed by atoms with Crippen LogP contribution in [0, 0.1) is 0 Å². The highest BCUT2D eigenvalue weighted by Crippen LogP contribution is 2.49. The lowest BCUT2D eigenvalue weighted by Gasteiger charge is -2.33. The summed E-state index contributed by atoms with van der Waals surface area (Å²) in [7, 11) is -3.01. The van der Waals surface area contributed by atoms with Gasteiger partial charge in [-0.15, -0.1) is 0 Å². The molecular formula is C48H60N6O9S. The van der Waals surface area contributed by atoms with Gasteiger partial charge in [0.1, 0.15) is 13.1 Å². The number of hydrogen-bond donors (Lipinski definition) is 3. The van der Waals surface area contributed by atoms with Crippen LogP contribution in [0.1, 0.15) is 84.3 Å². The summed E-state index contributed by atoms with van der Waals surface area (Å²) in [6.45, 7) is 12.0. The Hall–Kier alpha value is -5.71. The summed E-state index contributed by atoms with van der Waals surface area (Å²) in [5.74, 6) is -3.09. The van der Waals surface area contributed by atoms with E-state index in [1.807, 2.05) is 54.1 Å². The van der Waals surface area contributed by atoms with E-state index in [1.54, 1.807) is 6.08 Å². The van der Waals surface area contributed by atoms with Gasteiger partial charge in [0.25, 0.3) is 11.8 Å². The third-order valence-electron chi connectivity index (χ3n) is 12.4. The molecule has 0 radical (unpaired) electrons. The van der Waals surface area contributed by atoms with Crippen molar-refractivity contribution in [2.24, 2.45) is 0 Å². The Morgan fingerprint density at radius 1 is 0.828 bits per heavy atom. The summed E-state index contributed by atoms with van der Waals surface area (Å²) < 4.78 is 44.5. The predicted molar refractivity (Wildman–Crippen MR) is 243 cm³/mol. The van der Waals surface area contributed by atoms with Crippen molar-refractivity contribution >= 4 is 56.6 Å². The maximum absolute atomic E-state index is 14.5. The summed E-state index contributed by atoms with van der Waals surface area (Å²) >= 11 is 0. The summed E-state index contributed by atoms with van der Waals surface area (Å²) in [5, 5.41) is 8.54. The van der Waals surface area contributed by atoms with Crippen molar-refractivity contribution in [3.8, 4) is 0 Å². The lowest BCUT2D eigenvalue weighted by atomic mass is 9.77. The van der Waals surface area contributed by atoms with Crippen LogP contribution in [0.2, 0.25) is 0 Å². The number of unbranched alkanes of at least 4 members (excludes halogenated alkanes) is 3. The van der Waals surface area contributed by atoms with E-state index in [2.05, 4.69) is 67.6 Å². The number of allylic oxidation sites excluding steroid dienone is 5. The van der Waals surface area contributed by atoms with E-state index in [0.29, 0.717) is 12.8 Å². The molecule has 0 aromatic heterocycles. The van der Waals surface area contributed by atoms with Gasteiger partial charge in [0.15, 0.2) is 11.5 Å². The Kier molecular flexibility index (Phi) is 14.9. The first-order valence-corrected chi connectivity index (χ1v) is 23.6. The normalized spacial score (nSPS) is 19.1. The molecule has 0 saturated carbocycles. The number of carbonyl (C=O) groups is 5. The first-order valence-electron chi connectivity index (χ1n) is 22.0. The average Bonchev–Trinajstić information content (AvgIpc) is 3.76. The SMILES string of the molecule is CCCCCN1/C(=C/C2=C(NC(CS(=O)(=O)[O-])C(=O)NCCCCC(=O)NCCOCCN3C(=O)C=CC3=O)C(=C/C3=[N+](C)c4ccccc4C3(C)C)/C2=O)C(C)(C)c2ccccc21. The summed E-state index contributed by atoms with van der Waals surface area (Å²) in [6.07, 6.45) is 9.97. The van der Waals surface area contributed by atoms with E-state index >= 15 is 0 Å². The number of Topliss-reactive ketones (excluding diaryl/α,β-unsaturated/α-hetero) is 1. The highest BCUT2D eigenvalue weighted by molar-refractivity contribution is 7.85. The van der Waals surface area contributed by atoms with E-state index < -0.39 is 38.6 Å². The molecule has 1 atom stereocenters. The molecule has 16 heteroatoms. The quantitative estimate of drug-likeness (QED) is 0.0505. The van der Waals surface area contributed by atoms with Crippen molar-refractivity contribution in [1.29, 1.82) is 0 Å². The molecule has 6 rings (SSSR count). The zero-order chi connectivity index (χ0) is 46.4. The minimum Gasteiger partial charge on any atom is -0.748 e. The van der Waals surface area contributed by atoms with Crippen LogP contribution in [0.3, 0.4) is 0 Å². The second kappa shape index (κ2) is 20.0. The van der Waals surface area contributed by atoms with Gasteiger partial charge in [-0.1, -0.05) is 70.0 Å². The van der Waals surface area contributed by atoms with E-state index in [9.17, 15) is 36.9 Å². The number of nitrogens with one attached hydrogen (secondary N) is 3. The summed E-state index contributed by atoms with van der Waals surface area (Å²) in [6, 6.07) is 14.6. The molecule has 0 spiro atoms. The van der Waals surface area contributed by atoms with Gasteiger partial charge in [-0.2, -0.15) is 4.58 Å². The fraction of sp³-hybridized carbons (Fsp3) is 0.458. The molecule has 15 nitrogen and oxygen atoms in total. The average molecular weight is 897 g/mol. The van der Waals surface area contributed by atoms with Crippen molar-refractivity contribution in [2.75, 3.05) is 57.1 Å². The number of nitrogens with zero attached hydrogens (tertiary/aromatic N) is 3. The van der Waals surface area contributed by atoms with E-state index in [1.165, 1.54) is 12.2 Å². The molecule has 3 heterocycles. The number of rotatable bonds is 22. The lowest BCUT2D eigenvalue weighted by molar-refractivity contribution is -0.401. The maximum atomic E-state index is 14.5. The van der Waals surface area contributed by atoms with Gasteiger partial charge < -0.3 is 30.1 Å². The van der Waals surface area contributed by atoms with Crippen molar-refractivity contribution in [1.82, 2.24) is 20.9 Å². The lowest BCUT2D eigenvalue weighted by Crippen LogP contribution is -2.50. The van der Waals surface area contributed by atoms with Gasteiger partial charge >= 0.3 is 0 Å². The fourth-order valence-corrected chi connectivity index (χ4v) is 9.49. The topological polar surface area (TPSA) is 197 Å². The zero-order valence-electron chi connectivity index (χ0n) is 37.6. The Bertz CT molecular complexity index is 2450. The largest absolute Gasteiger partial charge is 0.748 e. The van der Waals surface area contributed by atoms with Gasteiger partial charge in [-0.25, -0.2) is 8.42 Å². The van der Waals surface area contributed by atoms with Crippen LogP contribution >= 0.6 is 0 Å². The maximum Gasteiger partial charge on any atom is 0.253 e. The number of para-hydroxylation sites is 2. The van der Waals surface area contributed by atoms with Gasteiger partial charge in [0.05, 0.1) is 52.3 Å². The van der Waals surface area contributed by atoms with Crippen molar-refractivity contribution in [3.63, 3.8) is 0 Å². The Morgan fingerprint density at radius 2 is 1.52 bits per heavy atom. The minimum absolute atomic E-state index is 0.0982. The number of benzene rings is 2. The van der Waals surface area contributed by atoms with Crippen LogP contribution < -0.4 is 20.9 Å². The Balaban J connectivity index is 1.19. The van der Waals surface area contributed by atoms with Gasteiger partial charge in [-0.3, -0.25) is 28.9 Å². The molecule has 342 valence electrons. The van der Waals surface area contributed by atoms with Crippen LogP contribution in [-0.2, 0) is 49.7 Å². The fourth-order valence-electron chi connectivity index (χ4n) is 8.85. The number of ether oxygens (including phenoxy) is 1. The molecule has 4 amide bonds. The summed E-state index contributed by atoms with van der Waals surface area (Å²) in [4.78, 5) is 67.3. The summed E-state index contributed by atoms with van der Waals surface area (Å²) in [5.41, 5.74) is 5.79. The molecule has 2 aromatic carbocycles. The van der Waals surface area contributed by atoms with Crippen LogP contribution in [0.4, 0.5) is 11.4 Å². The molecule has 3 aliphatic heterocycles. The first kappa shape index (κ1) is 47.8. The molecule has 3 N–H and O–H groups in total. The van der Waals surface area contributed by atoms with E-state index in [0.717, 1.165) is 64.6 Å². The highest BCUT2D eigenvalue weighted by Gasteiger charge is 2.47. The second-order valence-corrected chi connectivity index (χ2v) is 19.0. The van der Waals surface area contributed by atoms with Gasteiger partial charge in [0.2, 0.25) is 17.5 Å². The smallest absolute Gasteiger partial charge is 0.253 e. The molecule has 0 saturated heterocycles. The molecule has 0 bridgehead atoms. The van der Waals surface area contributed by atoms with Crippen LogP contribution in [0.5, 0.6) is 0 Å². The predicted octanol–water partition coefficient (Wildman–Crippen LogP) is 4.18. The molecule has 64 heavy (non-hydrogen) atoms. The van der Waals surface area contributed by atoms with E-state index in [4.69, 9.17) is 4.74 Å². The minimum atomic E-state index is -4.94. The van der Waals surface area contributed by atoms with Crippen LogP contribution in [-0.4, -0.2) is 116 Å². The van der Waals surface area contributed by atoms with Crippen molar-refractivity contribution < 1.29 is 46.3 Å². The van der Waals surface area contributed by atoms with Crippen molar-refractivity contribution in [3.05, 3.63) is 107 Å². The first-order chi connectivity index (χ1) is 30.4. The Labute approximate surface area is 376 Å². The Morgan fingerprint density at radius 3 is 2.20 bits per heavy atom. The number of ketones is 1. The molecular weight excluding hydrogens is 837 g/mol. The zero-order valence-corrected chi connectivity index (χ0v) is 38.4. The molecule has 1 unspecified atom stereocenters. The highest BCUT2D eigenvalue weighted by atomic mass is 32.2. The third-order valence-corrected chi connectivity index (χ3v) is 13.1. The molecule has 1 aliphatic carbocycles. The number of amides is 4. The standard InChI is InChI=1S/C48H60N6O9S/c1-7-8-15-25-53-38-19-12-10-17-35(38)48(4,5)40(53)30-33-44(32(45(33)58)29-39-47(2,3)34-16-9-11-18-37(34)52(39)6)51-36(31-64(60,61)62)46(59)50-23-14-13-20-41(55)49-24-27-63-28-26-54-42(56)21-22-43(54)57/h9-12,16-19,21-22,29-30,36H,7-8,13-15,20,23-28,31H2,1-6H3,(H3-,49,50,51,55,58,59,60,61,62).